The summed E-state index contributed by atoms with van der Waals surface area (Å²) in [6, 6.07) is 14.8. The van der Waals surface area contributed by atoms with Gasteiger partial charge in [-0.1, -0.05) is 40.2 Å². The molecule has 3 nitrogen and oxygen atoms in total. The maximum absolute atomic E-state index is 12.1. The molecular formula is C15H14BrNO2. The lowest BCUT2D eigenvalue weighted by molar-refractivity contribution is 0.102. The summed E-state index contributed by atoms with van der Waals surface area (Å²) < 4.78 is 5.20. The van der Waals surface area contributed by atoms with E-state index in [1.807, 2.05) is 36.4 Å². The molecule has 0 atom stereocenters. The number of para-hydroxylation sites is 2. The van der Waals surface area contributed by atoms with Gasteiger partial charge in [-0.25, -0.2) is 0 Å². The van der Waals surface area contributed by atoms with Crippen molar-refractivity contribution >= 4 is 27.5 Å². The van der Waals surface area contributed by atoms with Crippen LogP contribution in [0.15, 0.2) is 48.5 Å². The van der Waals surface area contributed by atoms with Gasteiger partial charge in [-0.3, -0.25) is 4.79 Å². The van der Waals surface area contributed by atoms with Gasteiger partial charge in [-0.2, -0.15) is 0 Å². The fourth-order valence-electron chi connectivity index (χ4n) is 1.69. The predicted molar refractivity (Wildman–Crippen MR) is 80.0 cm³/mol. The molecule has 0 heterocycles. The molecule has 0 unspecified atom stereocenters. The predicted octanol–water partition coefficient (Wildman–Crippen LogP) is 3.84. The molecule has 2 rings (SSSR count). The Morgan fingerprint density at radius 1 is 1.16 bits per heavy atom. The van der Waals surface area contributed by atoms with Crippen molar-refractivity contribution in [2.45, 2.75) is 5.33 Å². The number of hydrogen-bond donors (Lipinski definition) is 1. The van der Waals surface area contributed by atoms with Crippen LogP contribution in [0.25, 0.3) is 0 Å². The monoisotopic (exact) mass is 319 g/mol. The minimum absolute atomic E-state index is 0.148. The molecule has 98 valence electrons. The fraction of sp³-hybridized carbons (Fsp3) is 0.133. The van der Waals surface area contributed by atoms with E-state index in [0.29, 0.717) is 17.0 Å². The number of nitrogens with one attached hydrogen (secondary N) is 1. The SMILES string of the molecule is COc1ccccc1NC(=O)c1ccc(CBr)cc1. The number of rotatable bonds is 4. The van der Waals surface area contributed by atoms with Crippen LogP contribution < -0.4 is 10.1 Å². The van der Waals surface area contributed by atoms with Crippen molar-refractivity contribution in [1.82, 2.24) is 0 Å². The molecule has 0 spiro atoms. The zero-order chi connectivity index (χ0) is 13.7. The first kappa shape index (κ1) is 13.6. The summed E-state index contributed by atoms with van der Waals surface area (Å²) >= 11 is 3.37. The van der Waals surface area contributed by atoms with Crippen molar-refractivity contribution in [3.05, 3.63) is 59.7 Å². The highest BCUT2D eigenvalue weighted by Gasteiger charge is 2.08. The van der Waals surface area contributed by atoms with Crippen molar-refractivity contribution in [2.75, 3.05) is 12.4 Å². The molecule has 0 saturated carbocycles. The number of amides is 1. The third-order valence-electron chi connectivity index (χ3n) is 2.73. The van der Waals surface area contributed by atoms with Gasteiger partial charge in [-0.05, 0) is 29.8 Å². The Labute approximate surface area is 120 Å². The first-order chi connectivity index (χ1) is 9.24. The smallest absolute Gasteiger partial charge is 0.255 e. The molecular weight excluding hydrogens is 306 g/mol. The summed E-state index contributed by atoms with van der Waals surface area (Å²) in [5.41, 5.74) is 2.42. The van der Waals surface area contributed by atoms with E-state index in [0.717, 1.165) is 10.9 Å². The van der Waals surface area contributed by atoms with Crippen LogP contribution in [0.2, 0.25) is 0 Å². The maximum atomic E-state index is 12.1. The standard InChI is InChI=1S/C15H14BrNO2/c1-19-14-5-3-2-4-13(14)17-15(18)12-8-6-11(10-16)7-9-12/h2-9H,10H2,1H3,(H,17,18). The Hall–Kier alpha value is -1.81. The van der Waals surface area contributed by atoms with Gasteiger partial charge in [0.25, 0.3) is 5.91 Å². The lowest BCUT2D eigenvalue weighted by atomic mass is 10.1. The molecule has 0 aliphatic rings. The van der Waals surface area contributed by atoms with Gasteiger partial charge in [0.2, 0.25) is 0 Å². The summed E-state index contributed by atoms with van der Waals surface area (Å²) in [4.78, 5) is 12.1. The zero-order valence-electron chi connectivity index (χ0n) is 10.5. The Bertz CT molecular complexity index is 567. The van der Waals surface area contributed by atoms with Crippen LogP contribution in [-0.4, -0.2) is 13.0 Å². The zero-order valence-corrected chi connectivity index (χ0v) is 12.1. The molecule has 0 aliphatic carbocycles. The number of methoxy groups -OCH3 is 1. The third kappa shape index (κ3) is 3.35. The van der Waals surface area contributed by atoms with Crippen molar-refractivity contribution in [1.29, 1.82) is 0 Å². The van der Waals surface area contributed by atoms with Crippen LogP contribution in [0.4, 0.5) is 5.69 Å². The minimum atomic E-state index is -0.148. The molecule has 19 heavy (non-hydrogen) atoms. The Kier molecular flexibility index (Phi) is 4.58. The molecule has 0 saturated heterocycles. The first-order valence-corrected chi connectivity index (χ1v) is 6.96. The lowest BCUT2D eigenvalue weighted by Gasteiger charge is -2.09. The second-order valence-electron chi connectivity index (χ2n) is 3.98. The van der Waals surface area contributed by atoms with E-state index in [9.17, 15) is 4.79 Å². The Morgan fingerprint density at radius 2 is 1.84 bits per heavy atom. The van der Waals surface area contributed by atoms with Crippen LogP contribution in [0.1, 0.15) is 15.9 Å². The second kappa shape index (κ2) is 6.38. The minimum Gasteiger partial charge on any atom is -0.495 e. The Morgan fingerprint density at radius 3 is 2.47 bits per heavy atom. The number of carbonyl (C=O) groups excluding carboxylic acids is 1. The number of carbonyl (C=O) groups is 1. The van der Waals surface area contributed by atoms with Gasteiger partial charge in [0, 0.05) is 10.9 Å². The molecule has 0 aromatic heterocycles. The molecule has 4 heteroatoms. The fourth-order valence-corrected chi connectivity index (χ4v) is 2.06. The van der Waals surface area contributed by atoms with E-state index >= 15 is 0 Å². The largest absolute Gasteiger partial charge is 0.495 e. The third-order valence-corrected chi connectivity index (χ3v) is 3.37. The number of hydrogen-bond acceptors (Lipinski definition) is 2. The van der Waals surface area contributed by atoms with Gasteiger partial charge in [0.15, 0.2) is 0 Å². The summed E-state index contributed by atoms with van der Waals surface area (Å²) in [5.74, 6) is 0.499. The van der Waals surface area contributed by atoms with E-state index in [1.165, 1.54) is 0 Å². The molecule has 0 radical (unpaired) electrons. The number of ether oxygens (including phenoxy) is 1. The van der Waals surface area contributed by atoms with Gasteiger partial charge in [0.05, 0.1) is 12.8 Å². The van der Waals surface area contributed by atoms with Crippen LogP contribution in [0.3, 0.4) is 0 Å². The number of alkyl halides is 1. The quantitative estimate of drug-likeness (QED) is 0.869. The van der Waals surface area contributed by atoms with Crippen LogP contribution in [0, 0.1) is 0 Å². The van der Waals surface area contributed by atoms with E-state index in [2.05, 4.69) is 21.2 Å². The molecule has 1 N–H and O–H groups in total. The van der Waals surface area contributed by atoms with Crippen molar-refractivity contribution < 1.29 is 9.53 Å². The molecule has 0 fully saturated rings. The summed E-state index contributed by atoms with van der Waals surface area (Å²) in [7, 11) is 1.58. The molecule has 2 aromatic carbocycles. The van der Waals surface area contributed by atoms with Crippen molar-refractivity contribution in [3.63, 3.8) is 0 Å². The van der Waals surface area contributed by atoms with Gasteiger partial charge in [-0.15, -0.1) is 0 Å². The Balaban J connectivity index is 2.16. The summed E-state index contributed by atoms with van der Waals surface area (Å²) in [6.45, 7) is 0. The van der Waals surface area contributed by atoms with Crippen molar-refractivity contribution in [2.24, 2.45) is 0 Å². The number of benzene rings is 2. The average Bonchev–Trinajstić information content (AvgIpc) is 2.48. The van der Waals surface area contributed by atoms with Crippen LogP contribution in [-0.2, 0) is 5.33 Å². The highest BCUT2D eigenvalue weighted by molar-refractivity contribution is 9.08. The van der Waals surface area contributed by atoms with Crippen LogP contribution >= 0.6 is 15.9 Å². The lowest BCUT2D eigenvalue weighted by Crippen LogP contribution is -2.12. The average molecular weight is 320 g/mol. The van der Waals surface area contributed by atoms with Crippen LogP contribution in [0.5, 0.6) is 5.75 Å². The van der Waals surface area contributed by atoms with Crippen molar-refractivity contribution in [3.8, 4) is 5.75 Å². The van der Waals surface area contributed by atoms with Gasteiger partial charge in [0.1, 0.15) is 5.75 Å². The summed E-state index contributed by atoms with van der Waals surface area (Å²) in [6.07, 6.45) is 0. The molecule has 1 amide bonds. The number of anilines is 1. The van der Waals surface area contributed by atoms with Gasteiger partial charge < -0.3 is 10.1 Å². The molecule has 0 bridgehead atoms. The number of halogens is 1. The van der Waals surface area contributed by atoms with E-state index in [-0.39, 0.29) is 5.91 Å². The first-order valence-electron chi connectivity index (χ1n) is 5.84. The summed E-state index contributed by atoms with van der Waals surface area (Å²) in [5, 5.41) is 3.62. The van der Waals surface area contributed by atoms with E-state index in [1.54, 1.807) is 19.2 Å². The van der Waals surface area contributed by atoms with E-state index < -0.39 is 0 Å². The van der Waals surface area contributed by atoms with Gasteiger partial charge >= 0.3 is 0 Å². The topological polar surface area (TPSA) is 38.3 Å². The maximum Gasteiger partial charge on any atom is 0.255 e. The highest BCUT2D eigenvalue weighted by atomic mass is 79.9. The second-order valence-corrected chi connectivity index (χ2v) is 4.55. The molecule has 0 aliphatic heterocycles. The normalized spacial score (nSPS) is 10.0. The highest BCUT2D eigenvalue weighted by Crippen LogP contribution is 2.23. The van der Waals surface area contributed by atoms with E-state index in [4.69, 9.17) is 4.74 Å². The molecule has 2 aromatic rings.